The van der Waals surface area contributed by atoms with Crippen molar-refractivity contribution in [3.8, 4) is 0 Å². The van der Waals surface area contributed by atoms with Gasteiger partial charge < -0.3 is 9.64 Å². The van der Waals surface area contributed by atoms with Gasteiger partial charge in [-0.25, -0.2) is 4.79 Å². The molecule has 0 aliphatic heterocycles. The maximum absolute atomic E-state index is 11.5. The summed E-state index contributed by atoms with van der Waals surface area (Å²) in [5.74, 6) is 0. The van der Waals surface area contributed by atoms with E-state index < -0.39 is 6.09 Å². The highest BCUT2D eigenvalue weighted by atomic mass is 35.5. The average molecular weight is 287 g/mol. The average Bonchev–Trinajstić information content (AvgIpc) is 2.37. The highest BCUT2D eigenvalue weighted by Gasteiger charge is 2.04. The number of amides is 1. The molecule has 0 spiro atoms. The van der Waals surface area contributed by atoms with Gasteiger partial charge in [0.25, 0.3) is 0 Å². The van der Waals surface area contributed by atoms with Gasteiger partial charge in [0.1, 0.15) is 6.61 Å². The second-order valence-electron chi connectivity index (χ2n) is 4.15. The maximum atomic E-state index is 11.5. The molecule has 19 heavy (non-hydrogen) atoms. The number of nitrogens with one attached hydrogen (secondary N) is 1. The smallest absolute Gasteiger partial charge is 0.411 e. The van der Waals surface area contributed by atoms with Gasteiger partial charge >= 0.3 is 6.09 Å². The first-order valence-corrected chi connectivity index (χ1v) is 6.38. The Morgan fingerprint density at radius 1 is 1.21 bits per heavy atom. The largest absolute Gasteiger partial charge is 0.448 e. The highest BCUT2D eigenvalue weighted by molar-refractivity contribution is 5.85. The fraction of sp³-hybridized carbons (Fsp3) is 0.500. The lowest BCUT2D eigenvalue weighted by Gasteiger charge is -2.17. The van der Waals surface area contributed by atoms with Gasteiger partial charge in [-0.1, -0.05) is 31.5 Å². The normalized spacial score (nSPS) is 9.89. The second kappa shape index (κ2) is 9.64. The number of likely N-dealkylation sites (N-methyl/N-ethyl adjacent to an activating group) is 1. The Hall–Kier alpha value is -1.26. The van der Waals surface area contributed by atoms with E-state index in [4.69, 9.17) is 4.74 Å². The Morgan fingerprint density at radius 2 is 1.79 bits per heavy atom. The van der Waals surface area contributed by atoms with E-state index in [0.717, 1.165) is 30.9 Å². The fourth-order valence-corrected chi connectivity index (χ4v) is 1.60. The number of carbonyl (C=O) groups excluding carboxylic acids is 1. The molecule has 0 saturated carbocycles. The highest BCUT2D eigenvalue weighted by Crippen LogP contribution is 2.08. The van der Waals surface area contributed by atoms with Gasteiger partial charge in [-0.3, -0.25) is 5.32 Å². The lowest BCUT2D eigenvalue weighted by molar-refractivity contribution is 0.142. The second-order valence-corrected chi connectivity index (χ2v) is 4.15. The Balaban J connectivity index is 0.00000324. The predicted molar refractivity (Wildman–Crippen MR) is 81.2 cm³/mol. The van der Waals surface area contributed by atoms with Gasteiger partial charge in [0.2, 0.25) is 0 Å². The van der Waals surface area contributed by atoms with Gasteiger partial charge in [0, 0.05) is 12.2 Å². The third kappa shape index (κ3) is 7.03. The Kier molecular flexibility index (Phi) is 9.00. The third-order valence-corrected chi connectivity index (χ3v) is 2.83. The molecule has 0 atom stereocenters. The van der Waals surface area contributed by atoms with Crippen molar-refractivity contribution in [2.45, 2.75) is 20.8 Å². The van der Waals surface area contributed by atoms with Crippen molar-refractivity contribution < 1.29 is 9.53 Å². The number of hydrogen-bond acceptors (Lipinski definition) is 3. The molecule has 0 saturated heterocycles. The zero-order chi connectivity index (χ0) is 13.4. The molecule has 0 unspecified atom stereocenters. The van der Waals surface area contributed by atoms with Gasteiger partial charge in [-0.15, -0.1) is 12.4 Å². The summed E-state index contributed by atoms with van der Waals surface area (Å²) in [5, 5.41) is 2.70. The molecule has 4 nitrogen and oxygen atoms in total. The summed E-state index contributed by atoms with van der Waals surface area (Å²) in [4.78, 5) is 13.7. The van der Waals surface area contributed by atoms with Crippen LogP contribution in [0.1, 0.15) is 19.4 Å². The molecule has 1 N–H and O–H groups in total. The summed E-state index contributed by atoms with van der Waals surface area (Å²) in [6, 6.07) is 7.62. The van der Waals surface area contributed by atoms with E-state index in [1.54, 1.807) is 0 Å². The summed E-state index contributed by atoms with van der Waals surface area (Å²) in [5.41, 5.74) is 1.92. The summed E-state index contributed by atoms with van der Waals surface area (Å²) in [7, 11) is 0. The predicted octanol–water partition coefficient (Wildman–Crippen LogP) is 3.31. The van der Waals surface area contributed by atoms with Gasteiger partial charge in [0.05, 0.1) is 0 Å². The summed E-state index contributed by atoms with van der Waals surface area (Å²) < 4.78 is 5.12. The lowest BCUT2D eigenvalue weighted by atomic mass is 10.2. The molecule has 108 valence electrons. The summed E-state index contributed by atoms with van der Waals surface area (Å²) in [6.45, 7) is 9.32. The van der Waals surface area contributed by atoms with Crippen molar-refractivity contribution >= 4 is 24.2 Å². The van der Waals surface area contributed by atoms with Gasteiger partial charge in [0.15, 0.2) is 0 Å². The number of halogens is 1. The Labute approximate surface area is 121 Å². The van der Waals surface area contributed by atoms with Crippen molar-refractivity contribution in [3.63, 3.8) is 0 Å². The zero-order valence-corrected chi connectivity index (χ0v) is 12.6. The van der Waals surface area contributed by atoms with E-state index in [1.165, 1.54) is 0 Å². The number of aryl methyl sites for hydroxylation is 1. The van der Waals surface area contributed by atoms with Crippen LogP contribution in [0.3, 0.4) is 0 Å². The minimum absolute atomic E-state index is 0. The molecule has 5 heteroatoms. The Morgan fingerprint density at radius 3 is 2.32 bits per heavy atom. The molecule has 1 amide bonds. The van der Waals surface area contributed by atoms with Crippen LogP contribution in [0, 0.1) is 6.92 Å². The summed E-state index contributed by atoms with van der Waals surface area (Å²) >= 11 is 0. The van der Waals surface area contributed by atoms with Crippen molar-refractivity contribution in [1.82, 2.24) is 4.90 Å². The number of hydrogen-bond donors (Lipinski definition) is 1. The van der Waals surface area contributed by atoms with Crippen LogP contribution in [0.15, 0.2) is 24.3 Å². The molecule has 0 bridgehead atoms. The molecule has 0 fully saturated rings. The molecule has 1 aromatic rings. The molecular formula is C14H23ClN2O2. The van der Waals surface area contributed by atoms with Crippen molar-refractivity contribution in [1.29, 1.82) is 0 Å². The number of rotatable bonds is 6. The minimum atomic E-state index is -0.397. The van der Waals surface area contributed by atoms with E-state index in [9.17, 15) is 4.79 Å². The van der Waals surface area contributed by atoms with E-state index >= 15 is 0 Å². The number of ether oxygens (including phenoxy) is 1. The molecule has 0 heterocycles. The third-order valence-electron chi connectivity index (χ3n) is 2.83. The topological polar surface area (TPSA) is 41.6 Å². The van der Waals surface area contributed by atoms with Crippen LogP contribution in [-0.2, 0) is 4.74 Å². The maximum Gasteiger partial charge on any atom is 0.411 e. The van der Waals surface area contributed by atoms with E-state index in [0.29, 0.717) is 6.61 Å². The molecule has 0 aromatic heterocycles. The summed E-state index contributed by atoms with van der Waals surface area (Å²) in [6.07, 6.45) is -0.397. The molecule has 0 aliphatic rings. The van der Waals surface area contributed by atoms with Crippen molar-refractivity contribution in [3.05, 3.63) is 29.8 Å². The molecule has 0 aliphatic carbocycles. The van der Waals surface area contributed by atoms with Crippen molar-refractivity contribution in [2.24, 2.45) is 0 Å². The number of benzene rings is 1. The Bertz CT molecular complexity index is 364. The fourth-order valence-electron chi connectivity index (χ4n) is 1.60. The molecular weight excluding hydrogens is 264 g/mol. The van der Waals surface area contributed by atoms with Crippen LogP contribution in [0.25, 0.3) is 0 Å². The van der Waals surface area contributed by atoms with Crippen LogP contribution < -0.4 is 5.32 Å². The standard InChI is InChI=1S/C14H22N2O2.ClH/c1-4-16(5-2)10-11-18-14(17)15-13-8-6-12(3)7-9-13;/h6-9H,4-5,10-11H2,1-3H3,(H,15,17);1H. The molecule has 1 rings (SSSR count). The first-order chi connectivity index (χ1) is 8.65. The number of anilines is 1. The van der Waals surface area contributed by atoms with E-state index in [1.807, 2.05) is 31.2 Å². The first-order valence-electron chi connectivity index (χ1n) is 6.38. The first kappa shape index (κ1) is 17.7. The molecule has 0 radical (unpaired) electrons. The van der Waals surface area contributed by atoms with Crippen LogP contribution in [0.2, 0.25) is 0 Å². The van der Waals surface area contributed by atoms with E-state index in [2.05, 4.69) is 24.1 Å². The van der Waals surface area contributed by atoms with E-state index in [-0.39, 0.29) is 12.4 Å². The lowest BCUT2D eigenvalue weighted by Crippen LogP contribution is -2.28. The van der Waals surface area contributed by atoms with Crippen LogP contribution >= 0.6 is 12.4 Å². The van der Waals surface area contributed by atoms with Crippen LogP contribution in [-0.4, -0.2) is 37.2 Å². The monoisotopic (exact) mass is 286 g/mol. The van der Waals surface area contributed by atoms with Crippen molar-refractivity contribution in [2.75, 3.05) is 31.6 Å². The van der Waals surface area contributed by atoms with Crippen LogP contribution in [0.4, 0.5) is 10.5 Å². The molecule has 1 aromatic carbocycles. The van der Waals surface area contributed by atoms with Gasteiger partial charge in [-0.05, 0) is 32.1 Å². The minimum Gasteiger partial charge on any atom is -0.448 e. The van der Waals surface area contributed by atoms with Gasteiger partial charge in [-0.2, -0.15) is 0 Å². The van der Waals surface area contributed by atoms with Crippen LogP contribution in [0.5, 0.6) is 0 Å². The number of carbonyl (C=O) groups is 1. The zero-order valence-electron chi connectivity index (χ0n) is 11.8. The quantitative estimate of drug-likeness (QED) is 0.872. The SMILES string of the molecule is CCN(CC)CCOC(=O)Nc1ccc(C)cc1.Cl. The number of nitrogens with zero attached hydrogens (tertiary/aromatic N) is 1.